The number of rotatable bonds is 2. The van der Waals surface area contributed by atoms with E-state index in [-0.39, 0.29) is 23.6 Å². The molecule has 5 heteroatoms. The van der Waals surface area contributed by atoms with E-state index in [2.05, 4.69) is 0 Å². The Labute approximate surface area is 100 Å². The van der Waals surface area contributed by atoms with Crippen molar-refractivity contribution in [3.8, 4) is 6.07 Å². The van der Waals surface area contributed by atoms with Gasteiger partial charge in [0.2, 0.25) is 5.88 Å². The van der Waals surface area contributed by atoms with Gasteiger partial charge in [0.1, 0.15) is 23.0 Å². The lowest BCUT2D eigenvalue weighted by Crippen LogP contribution is -2.17. The molecule has 1 heterocycles. The quantitative estimate of drug-likeness (QED) is 0.795. The van der Waals surface area contributed by atoms with E-state index in [0.717, 1.165) is 0 Å². The van der Waals surface area contributed by atoms with Crippen LogP contribution in [0, 0.1) is 11.3 Å². The Balaban J connectivity index is 3.44. The van der Waals surface area contributed by atoms with Crippen molar-refractivity contribution >= 4 is 11.9 Å². The van der Waals surface area contributed by atoms with Crippen LogP contribution in [0.2, 0.25) is 0 Å². The second-order valence-electron chi connectivity index (χ2n) is 4.63. The molecule has 0 saturated heterocycles. The Morgan fingerprint density at radius 1 is 1.53 bits per heavy atom. The fourth-order valence-corrected chi connectivity index (χ4v) is 1.49. The normalized spacial score (nSPS) is 11.0. The lowest BCUT2D eigenvalue weighted by atomic mass is 9.89. The summed E-state index contributed by atoms with van der Waals surface area (Å²) in [6.45, 7) is 7.54. The highest BCUT2D eigenvalue weighted by Crippen LogP contribution is 2.34. The molecule has 1 aromatic rings. The maximum atomic E-state index is 11.8. The topological polar surface area (TPSA) is 89.2 Å². The van der Waals surface area contributed by atoms with Gasteiger partial charge in [-0.2, -0.15) is 5.26 Å². The van der Waals surface area contributed by atoms with Gasteiger partial charge in [0.15, 0.2) is 0 Å². The predicted molar refractivity (Wildman–Crippen MR) is 62.5 cm³/mol. The summed E-state index contributed by atoms with van der Waals surface area (Å²) >= 11 is 0. The van der Waals surface area contributed by atoms with Crippen LogP contribution in [0.1, 0.15) is 49.4 Å². The first-order valence-corrected chi connectivity index (χ1v) is 5.32. The molecule has 0 bridgehead atoms. The van der Waals surface area contributed by atoms with Crippen molar-refractivity contribution in [1.82, 2.24) is 0 Å². The molecular formula is C12H16N2O3. The smallest absolute Gasteiger partial charge is 0.343 e. The fraction of sp³-hybridized carbons (Fsp3) is 0.500. The van der Waals surface area contributed by atoms with Crippen molar-refractivity contribution in [3.63, 3.8) is 0 Å². The van der Waals surface area contributed by atoms with Crippen LogP contribution in [0.3, 0.4) is 0 Å². The second-order valence-corrected chi connectivity index (χ2v) is 4.63. The molecule has 2 N–H and O–H groups in total. The summed E-state index contributed by atoms with van der Waals surface area (Å²) in [5, 5.41) is 9.00. The standard InChI is InChI=1S/C12H16N2O3/c1-5-16-11(15)8-7(6-13)10(14)17-9(8)12(2,3)4/h5,14H2,1-4H3. The van der Waals surface area contributed by atoms with E-state index in [1.54, 1.807) is 6.92 Å². The first kappa shape index (κ1) is 13.1. The average molecular weight is 236 g/mol. The summed E-state index contributed by atoms with van der Waals surface area (Å²) in [7, 11) is 0. The van der Waals surface area contributed by atoms with E-state index in [1.807, 2.05) is 26.8 Å². The highest BCUT2D eigenvalue weighted by Gasteiger charge is 2.32. The molecule has 1 rings (SSSR count). The van der Waals surface area contributed by atoms with Gasteiger partial charge in [0, 0.05) is 5.41 Å². The van der Waals surface area contributed by atoms with Crippen LogP contribution in [-0.2, 0) is 10.2 Å². The van der Waals surface area contributed by atoms with Gasteiger partial charge in [-0.15, -0.1) is 0 Å². The van der Waals surface area contributed by atoms with Crippen LogP contribution in [0.5, 0.6) is 0 Å². The van der Waals surface area contributed by atoms with Gasteiger partial charge in [-0.05, 0) is 6.92 Å². The van der Waals surface area contributed by atoms with Crippen molar-refractivity contribution in [3.05, 3.63) is 16.9 Å². The summed E-state index contributed by atoms with van der Waals surface area (Å²) in [6, 6.07) is 1.88. The van der Waals surface area contributed by atoms with E-state index in [0.29, 0.717) is 5.76 Å². The minimum atomic E-state index is -0.575. The number of furan rings is 1. The Kier molecular flexibility index (Phi) is 3.47. The number of esters is 1. The summed E-state index contributed by atoms with van der Waals surface area (Å²) < 4.78 is 10.2. The van der Waals surface area contributed by atoms with Gasteiger partial charge < -0.3 is 14.9 Å². The Bertz CT molecular complexity index is 475. The van der Waals surface area contributed by atoms with Gasteiger partial charge in [-0.1, -0.05) is 20.8 Å². The van der Waals surface area contributed by atoms with E-state index in [9.17, 15) is 4.79 Å². The van der Waals surface area contributed by atoms with Gasteiger partial charge >= 0.3 is 5.97 Å². The molecule has 0 aliphatic carbocycles. The van der Waals surface area contributed by atoms with E-state index in [4.69, 9.17) is 20.1 Å². The molecule has 17 heavy (non-hydrogen) atoms. The van der Waals surface area contributed by atoms with Crippen molar-refractivity contribution < 1.29 is 13.9 Å². The zero-order valence-corrected chi connectivity index (χ0v) is 10.5. The molecule has 0 atom stereocenters. The van der Waals surface area contributed by atoms with Crippen molar-refractivity contribution in [2.45, 2.75) is 33.1 Å². The molecule has 92 valence electrons. The summed E-state index contributed by atoms with van der Waals surface area (Å²) in [4.78, 5) is 11.8. The van der Waals surface area contributed by atoms with Crippen LogP contribution < -0.4 is 5.73 Å². The maximum absolute atomic E-state index is 11.8. The minimum Gasteiger partial charge on any atom is -0.462 e. The number of carbonyl (C=O) groups is 1. The molecule has 0 spiro atoms. The minimum absolute atomic E-state index is 0.0412. The van der Waals surface area contributed by atoms with Gasteiger partial charge in [0.05, 0.1) is 6.61 Å². The number of hydrogen-bond acceptors (Lipinski definition) is 5. The molecular weight excluding hydrogens is 220 g/mol. The highest BCUT2D eigenvalue weighted by atomic mass is 16.5. The van der Waals surface area contributed by atoms with E-state index < -0.39 is 11.4 Å². The molecule has 0 radical (unpaired) electrons. The van der Waals surface area contributed by atoms with Gasteiger partial charge in [-0.3, -0.25) is 0 Å². The molecule has 0 aliphatic heterocycles. The molecule has 5 nitrogen and oxygen atoms in total. The van der Waals surface area contributed by atoms with E-state index >= 15 is 0 Å². The molecule has 0 saturated carbocycles. The van der Waals surface area contributed by atoms with Crippen LogP contribution in [0.4, 0.5) is 5.88 Å². The third-order valence-electron chi connectivity index (χ3n) is 2.21. The largest absolute Gasteiger partial charge is 0.462 e. The average Bonchev–Trinajstić information content (AvgIpc) is 2.55. The van der Waals surface area contributed by atoms with Crippen LogP contribution in [0.25, 0.3) is 0 Å². The first-order chi connectivity index (χ1) is 7.82. The second kappa shape index (κ2) is 4.50. The third kappa shape index (κ3) is 2.41. The SMILES string of the molecule is CCOC(=O)c1c(C(C)(C)C)oc(N)c1C#N. The first-order valence-electron chi connectivity index (χ1n) is 5.32. The molecule has 0 aromatic carbocycles. The zero-order valence-electron chi connectivity index (χ0n) is 10.5. The lowest BCUT2D eigenvalue weighted by Gasteiger charge is -2.16. The zero-order chi connectivity index (χ0) is 13.2. The number of nitrogens with two attached hydrogens (primary N) is 1. The van der Waals surface area contributed by atoms with Crippen LogP contribution in [0.15, 0.2) is 4.42 Å². The molecule has 0 fully saturated rings. The molecule has 0 aliphatic rings. The van der Waals surface area contributed by atoms with Crippen LogP contribution in [-0.4, -0.2) is 12.6 Å². The Morgan fingerprint density at radius 3 is 2.53 bits per heavy atom. The molecule has 0 amide bonds. The van der Waals surface area contributed by atoms with Crippen LogP contribution >= 0.6 is 0 Å². The monoisotopic (exact) mass is 236 g/mol. The number of nitrogens with zero attached hydrogens (tertiary/aromatic N) is 1. The number of anilines is 1. The number of carbonyl (C=O) groups excluding carboxylic acids is 1. The van der Waals surface area contributed by atoms with Gasteiger partial charge in [-0.25, -0.2) is 4.79 Å². The summed E-state index contributed by atoms with van der Waals surface area (Å²) in [5.41, 5.74) is 5.35. The van der Waals surface area contributed by atoms with Crippen molar-refractivity contribution in [2.24, 2.45) is 0 Å². The lowest BCUT2D eigenvalue weighted by molar-refractivity contribution is 0.0521. The maximum Gasteiger partial charge on any atom is 0.343 e. The van der Waals surface area contributed by atoms with Gasteiger partial charge in [0.25, 0.3) is 0 Å². The van der Waals surface area contributed by atoms with Crippen molar-refractivity contribution in [1.29, 1.82) is 5.26 Å². The predicted octanol–water partition coefficient (Wildman–Crippen LogP) is 2.21. The van der Waals surface area contributed by atoms with Crippen molar-refractivity contribution in [2.75, 3.05) is 12.3 Å². The summed E-state index contributed by atoms with van der Waals surface area (Å²) in [5.74, 6) is -0.236. The number of nitriles is 1. The highest BCUT2D eigenvalue weighted by molar-refractivity contribution is 5.95. The number of hydrogen-bond donors (Lipinski definition) is 1. The number of nitrogen functional groups attached to an aromatic ring is 1. The molecule has 0 unspecified atom stereocenters. The van der Waals surface area contributed by atoms with E-state index in [1.165, 1.54) is 0 Å². The fourth-order valence-electron chi connectivity index (χ4n) is 1.49. The Morgan fingerprint density at radius 2 is 2.12 bits per heavy atom. The molecule has 1 aromatic heterocycles. The number of ether oxygens (including phenoxy) is 1. The Hall–Kier alpha value is -1.96. The summed E-state index contributed by atoms with van der Waals surface area (Å²) in [6.07, 6.45) is 0. The third-order valence-corrected chi connectivity index (χ3v) is 2.21.